The first kappa shape index (κ1) is 19.7. The van der Waals surface area contributed by atoms with E-state index in [2.05, 4.69) is 0 Å². The standard InChI is InChI=1S/C19H28O7/c20-10-15-16(22)17(23)18(24)19(25,26-15)13-3-1-2-12(9-13)8-11-4-6-14(21)7-5-11/h1-3,9,11,14-18,20-25H,4-8,10H2/t11?,14?,15-,16-,17+,18-,19-/m1/s1. The molecule has 0 amide bonds. The number of benzene rings is 1. The van der Waals surface area contributed by atoms with Crippen LogP contribution in [0.25, 0.3) is 0 Å². The van der Waals surface area contributed by atoms with Gasteiger partial charge in [-0.05, 0) is 43.6 Å². The average Bonchev–Trinajstić information content (AvgIpc) is 2.65. The third kappa shape index (κ3) is 3.80. The summed E-state index contributed by atoms with van der Waals surface area (Å²) < 4.78 is 5.38. The van der Waals surface area contributed by atoms with Crippen molar-refractivity contribution in [3.63, 3.8) is 0 Å². The summed E-state index contributed by atoms with van der Waals surface area (Å²) >= 11 is 0. The van der Waals surface area contributed by atoms with E-state index in [-0.39, 0.29) is 11.7 Å². The summed E-state index contributed by atoms with van der Waals surface area (Å²) in [4.78, 5) is 0. The summed E-state index contributed by atoms with van der Waals surface area (Å²) in [6, 6.07) is 6.95. The van der Waals surface area contributed by atoms with Crippen molar-refractivity contribution in [1.29, 1.82) is 0 Å². The Balaban J connectivity index is 1.79. The van der Waals surface area contributed by atoms with Crippen LogP contribution in [0.4, 0.5) is 0 Å². The Morgan fingerprint density at radius 3 is 2.35 bits per heavy atom. The lowest BCUT2D eigenvalue weighted by atomic mass is 9.82. The van der Waals surface area contributed by atoms with Crippen LogP contribution < -0.4 is 0 Å². The third-order valence-corrected chi connectivity index (χ3v) is 5.65. The molecule has 0 aromatic heterocycles. The van der Waals surface area contributed by atoms with Crippen molar-refractivity contribution in [2.45, 2.75) is 68.4 Å². The Hall–Kier alpha value is -1.06. The normalized spacial score (nSPS) is 41.2. The van der Waals surface area contributed by atoms with Crippen LogP contribution in [0, 0.1) is 5.92 Å². The number of aliphatic hydroxyl groups is 6. The molecule has 0 spiro atoms. The van der Waals surface area contributed by atoms with Gasteiger partial charge in [0.05, 0.1) is 12.7 Å². The molecular formula is C19H28O7. The third-order valence-electron chi connectivity index (χ3n) is 5.65. The molecule has 0 bridgehead atoms. The van der Waals surface area contributed by atoms with Gasteiger partial charge < -0.3 is 35.4 Å². The van der Waals surface area contributed by atoms with E-state index < -0.39 is 36.8 Å². The van der Waals surface area contributed by atoms with Gasteiger partial charge in [-0.25, -0.2) is 0 Å². The molecule has 146 valence electrons. The summed E-state index contributed by atoms with van der Waals surface area (Å²) in [5.41, 5.74) is 1.22. The minimum atomic E-state index is -2.22. The van der Waals surface area contributed by atoms with Crippen LogP contribution in [-0.4, -0.2) is 67.8 Å². The summed E-state index contributed by atoms with van der Waals surface area (Å²) in [5.74, 6) is -1.77. The van der Waals surface area contributed by atoms with Crippen molar-refractivity contribution in [3.8, 4) is 0 Å². The minimum Gasteiger partial charge on any atom is -0.394 e. The second-order valence-electron chi connectivity index (χ2n) is 7.54. The van der Waals surface area contributed by atoms with E-state index in [0.717, 1.165) is 37.7 Å². The Morgan fingerprint density at radius 1 is 1.00 bits per heavy atom. The fourth-order valence-corrected chi connectivity index (χ4v) is 4.00. The maximum atomic E-state index is 10.9. The summed E-state index contributed by atoms with van der Waals surface area (Å²) in [7, 11) is 0. The van der Waals surface area contributed by atoms with Crippen LogP contribution in [0.2, 0.25) is 0 Å². The van der Waals surface area contributed by atoms with Crippen molar-refractivity contribution in [1.82, 2.24) is 0 Å². The summed E-state index contributed by atoms with van der Waals surface area (Å²) in [5, 5.41) is 60.0. The fourth-order valence-electron chi connectivity index (χ4n) is 4.00. The van der Waals surface area contributed by atoms with Gasteiger partial charge >= 0.3 is 0 Å². The van der Waals surface area contributed by atoms with E-state index in [1.807, 2.05) is 6.07 Å². The smallest absolute Gasteiger partial charge is 0.222 e. The van der Waals surface area contributed by atoms with E-state index >= 15 is 0 Å². The Labute approximate surface area is 152 Å². The second-order valence-corrected chi connectivity index (χ2v) is 7.54. The molecule has 1 aromatic rings. The largest absolute Gasteiger partial charge is 0.394 e. The maximum Gasteiger partial charge on any atom is 0.222 e. The van der Waals surface area contributed by atoms with Gasteiger partial charge in [0.1, 0.15) is 24.4 Å². The van der Waals surface area contributed by atoms with Gasteiger partial charge in [0.25, 0.3) is 0 Å². The quantitative estimate of drug-likeness (QED) is 0.418. The molecule has 1 aromatic carbocycles. The Kier molecular flexibility index (Phi) is 5.98. The zero-order chi connectivity index (χ0) is 18.9. The lowest BCUT2D eigenvalue weighted by molar-refractivity contribution is -0.357. The Bertz CT molecular complexity index is 599. The van der Waals surface area contributed by atoms with Crippen LogP contribution in [0.5, 0.6) is 0 Å². The van der Waals surface area contributed by atoms with Crippen molar-refractivity contribution in [2.24, 2.45) is 5.92 Å². The van der Waals surface area contributed by atoms with Crippen LogP contribution in [-0.2, 0) is 16.9 Å². The predicted octanol–water partition coefficient (Wildman–Crippen LogP) is -0.601. The highest BCUT2D eigenvalue weighted by Crippen LogP contribution is 2.37. The number of hydrogen-bond acceptors (Lipinski definition) is 7. The van der Waals surface area contributed by atoms with Gasteiger partial charge in [0.15, 0.2) is 0 Å². The monoisotopic (exact) mass is 368 g/mol. The molecule has 5 atom stereocenters. The van der Waals surface area contributed by atoms with Crippen molar-refractivity contribution < 1.29 is 35.4 Å². The molecule has 1 aliphatic carbocycles. The molecule has 3 rings (SSSR count). The lowest BCUT2D eigenvalue weighted by Gasteiger charge is -2.45. The zero-order valence-corrected chi connectivity index (χ0v) is 14.6. The average molecular weight is 368 g/mol. The van der Waals surface area contributed by atoms with E-state index in [1.165, 1.54) is 0 Å². The van der Waals surface area contributed by atoms with Crippen LogP contribution in [0.1, 0.15) is 36.8 Å². The number of rotatable bonds is 4. The second kappa shape index (κ2) is 7.90. The highest BCUT2D eigenvalue weighted by atomic mass is 16.7. The van der Waals surface area contributed by atoms with Gasteiger partial charge in [-0.15, -0.1) is 0 Å². The van der Waals surface area contributed by atoms with Gasteiger partial charge in [-0.2, -0.15) is 0 Å². The van der Waals surface area contributed by atoms with Crippen LogP contribution in [0.15, 0.2) is 24.3 Å². The van der Waals surface area contributed by atoms with Gasteiger partial charge in [-0.3, -0.25) is 0 Å². The molecule has 1 aliphatic heterocycles. The molecule has 1 saturated carbocycles. The first-order valence-corrected chi connectivity index (χ1v) is 9.18. The molecule has 0 radical (unpaired) electrons. The van der Waals surface area contributed by atoms with E-state index in [1.54, 1.807) is 18.2 Å². The zero-order valence-electron chi connectivity index (χ0n) is 14.6. The van der Waals surface area contributed by atoms with E-state index in [4.69, 9.17) is 4.74 Å². The molecule has 7 heteroatoms. The molecule has 1 saturated heterocycles. The summed E-state index contributed by atoms with van der Waals surface area (Å²) in [6.45, 7) is -0.600. The van der Waals surface area contributed by atoms with Gasteiger partial charge in [0, 0.05) is 5.56 Å². The predicted molar refractivity (Wildman–Crippen MR) is 92.0 cm³/mol. The molecule has 2 aliphatic rings. The number of ether oxygens (including phenoxy) is 1. The molecule has 0 unspecified atom stereocenters. The molecule has 1 heterocycles. The van der Waals surface area contributed by atoms with Crippen molar-refractivity contribution >= 4 is 0 Å². The Morgan fingerprint density at radius 2 is 1.69 bits per heavy atom. The lowest BCUT2D eigenvalue weighted by Crippen LogP contribution is -2.63. The van der Waals surface area contributed by atoms with Gasteiger partial charge in [0.2, 0.25) is 5.79 Å². The maximum absolute atomic E-state index is 10.9. The molecule has 26 heavy (non-hydrogen) atoms. The SMILES string of the molecule is OC[C@H]1O[C@](O)(c2cccc(CC3CCC(O)CC3)c2)[C@H](O)[C@@H](O)[C@@H]1O. The van der Waals surface area contributed by atoms with E-state index in [0.29, 0.717) is 5.92 Å². The van der Waals surface area contributed by atoms with Crippen LogP contribution in [0.3, 0.4) is 0 Å². The van der Waals surface area contributed by atoms with E-state index in [9.17, 15) is 30.6 Å². The topological polar surface area (TPSA) is 131 Å². The highest BCUT2D eigenvalue weighted by Gasteiger charge is 2.53. The highest BCUT2D eigenvalue weighted by molar-refractivity contribution is 5.29. The first-order chi connectivity index (χ1) is 12.3. The minimum absolute atomic E-state index is 0.215. The van der Waals surface area contributed by atoms with Crippen molar-refractivity contribution in [3.05, 3.63) is 35.4 Å². The molecule has 7 nitrogen and oxygen atoms in total. The first-order valence-electron chi connectivity index (χ1n) is 9.18. The number of hydrogen-bond donors (Lipinski definition) is 6. The fraction of sp³-hybridized carbons (Fsp3) is 0.684. The molecule has 6 N–H and O–H groups in total. The summed E-state index contributed by atoms with van der Waals surface area (Å²) in [6.07, 6.45) is -2.08. The van der Waals surface area contributed by atoms with Gasteiger partial charge in [-0.1, -0.05) is 24.3 Å². The molecule has 2 fully saturated rings. The number of aliphatic hydroxyl groups excluding tert-OH is 5. The molecular weight excluding hydrogens is 340 g/mol. The van der Waals surface area contributed by atoms with Crippen LogP contribution >= 0.6 is 0 Å². The van der Waals surface area contributed by atoms with Crippen molar-refractivity contribution in [2.75, 3.05) is 6.61 Å².